The number of primary amides is 1. The molecule has 1 aliphatic heterocycles. The van der Waals surface area contributed by atoms with E-state index in [4.69, 9.17) is 11.5 Å². The normalized spacial score (nSPS) is 13.7. The van der Waals surface area contributed by atoms with Crippen molar-refractivity contribution >= 4 is 24.2 Å². The van der Waals surface area contributed by atoms with Crippen LogP contribution in [-0.2, 0) is 24.3 Å². The van der Waals surface area contributed by atoms with Crippen molar-refractivity contribution in [2.24, 2.45) is 11.5 Å². The van der Waals surface area contributed by atoms with Gasteiger partial charge in [-0.3, -0.25) is 9.59 Å². The zero-order valence-corrected chi connectivity index (χ0v) is 18.7. The highest BCUT2D eigenvalue weighted by molar-refractivity contribution is 5.93. The minimum absolute atomic E-state index is 0. The monoisotopic (exact) mass is 494 g/mol. The number of hydrogen-bond acceptors (Lipinski definition) is 5. The highest BCUT2D eigenvalue weighted by Gasteiger charge is 2.27. The SMILES string of the molecule is Cl.NC(=O)c1ccc(-c2nnn3c2CN(C(=O)C[C@H](N)Cc2cc(F)c(F)cc2F)CC3)cc1. The summed E-state index contributed by atoms with van der Waals surface area (Å²) in [5.41, 5.74) is 13.6. The van der Waals surface area contributed by atoms with E-state index in [1.807, 2.05) is 0 Å². The molecule has 1 atom stereocenters. The van der Waals surface area contributed by atoms with Crippen LogP contribution in [0.15, 0.2) is 36.4 Å². The summed E-state index contributed by atoms with van der Waals surface area (Å²) in [6.45, 7) is 1.06. The lowest BCUT2D eigenvalue weighted by Gasteiger charge is -2.28. The van der Waals surface area contributed by atoms with E-state index in [0.717, 1.165) is 17.3 Å². The van der Waals surface area contributed by atoms with Gasteiger partial charge in [0.15, 0.2) is 11.6 Å². The molecule has 4 N–H and O–H groups in total. The zero-order valence-electron chi connectivity index (χ0n) is 17.9. The highest BCUT2D eigenvalue weighted by Crippen LogP contribution is 2.25. The van der Waals surface area contributed by atoms with Gasteiger partial charge in [0.05, 0.1) is 18.8 Å². The van der Waals surface area contributed by atoms with Crippen molar-refractivity contribution in [3.05, 3.63) is 70.7 Å². The molecule has 8 nitrogen and oxygen atoms in total. The maximum atomic E-state index is 13.9. The van der Waals surface area contributed by atoms with Gasteiger partial charge in [-0.25, -0.2) is 17.9 Å². The van der Waals surface area contributed by atoms with Crippen molar-refractivity contribution in [2.45, 2.75) is 32.0 Å². The summed E-state index contributed by atoms with van der Waals surface area (Å²) in [7, 11) is 0. The molecule has 180 valence electrons. The molecule has 1 aromatic heterocycles. The Morgan fingerprint density at radius 3 is 2.38 bits per heavy atom. The maximum Gasteiger partial charge on any atom is 0.248 e. The first kappa shape index (κ1) is 25.2. The minimum atomic E-state index is -1.28. The minimum Gasteiger partial charge on any atom is -0.366 e. The van der Waals surface area contributed by atoms with Gasteiger partial charge in [-0.15, -0.1) is 17.5 Å². The van der Waals surface area contributed by atoms with Crippen molar-refractivity contribution in [1.29, 1.82) is 0 Å². The Morgan fingerprint density at radius 1 is 1.03 bits per heavy atom. The van der Waals surface area contributed by atoms with Crippen LogP contribution in [0.1, 0.15) is 28.0 Å². The first-order valence-electron chi connectivity index (χ1n) is 10.2. The number of nitrogens with zero attached hydrogens (tertiary/aromatic N) is 4. The smallest absolute Gasteiger partial charge is 0.248 e. The number of aromatic nitrogens is 3. The number of halogens is 4. The number of amides is 2. The fourth-order valence-corrected chi connectivity index (χ4v) is 3.80. The van der Waals surface area contributed by atoms with Crippen LogP contribution >= 0.6 is 12.4 Å². The molecule has 0 fully saturated rings. The number of rotatable bonds is 6. The number of fused-ring (bicyclic) bond motifs is 1. The Labute approximate surface area is 199 Å². The summed E-state index contributed by atoms with van der Waals surface area (Å²) in [6.07, 6.45) is -0.206. The molecule has 0 radical (unpaired) electrons. The van der Waals surface area contributed by atoms with E-state index in [1.165, 1.54) is 0 Å². The number of carbonyl (C=O) groups is 2. The molecule has 0 saturated heterocycles. The molecule has 4 rings (SSSR count). The fourth-order valence-electron chi connectivity index (χ4n) is 3.80. The fraction of sp³-hybridized carbons (Fsp3) is 0.273. The average Bonchev–Trinajstić information content (AvgIpc) is 3.20. The van der Waals surface area contributed by atoms with Crippen molar-refractivity contribution < 1.29 is 22.8 Å². The van der Waals surface area contributed by atoms with Crippen molar-refractivity contribution in [3.8, 4) is 11.3 Å². The van der Waals surface area contributed by atoms with Crippen molar-refractivity contribution in [3.63, 3.8) is 0 Å². The predicted molar refractivity (Wildman–Crippen MR) is 119 cm³/mol. The van der Waals surface area contributed by atoms with Crippen LogP contribution in [0, 0.1) is 17.5 Å². The zero-order chi connectivity index (χ0) is 23.7. The topological polar surface area (TPSA) is 120 Å². The Morgan fingerprint density at radius 2 is 1.71 bits per heavy atom. The summed E-state index contributed by atoms with van der Waals surface area (Å²) in [5.74, 6) is -4.15. The maximum absolute atomic E-state index is 13.9. The summed E-state index contributed by atoms with van der Waals surface area (Å²) in [5, 5.41) is 8.34. The van der Waals surface area contributed by atoms with Gasteiger partial charge in [0, 0.05) is 36.2 Å². The van der Waals surface area contributed by atoms with E-state index in [0.29, 0.717) is 30.4 Å². The molecule has 0 bridgehead atoms. The summed E-state index contributed by atoms with van der Waals surface area (Å²) in [6, 6.07) is 7.04. The second-order valence-electron chi connectivity index (χ2n) is 7.89. The highest BCUT2D eigenvalue weighted by atomic mass is 35.5. The number of carbonyl (C=O) groups excluding carboxylic acids is 2. The van der Waals surface area contributed by atoms with Gasteiger partial charge in [-0.05, 0) is 30.2 Å². The molecule has 2 heterocycles. The lowest BCUT2D eigenvalue weighted by atomic mass is 10.0. The lowest BCUT2D eigenvalue weighted by molar-refractivity contribution is -0.133. The van der Waals surface area contributed by atoms with Crippen molar-refractivity contribution in [2.75, 3.05) is 6.54 Å². The van der Waals surface area contributed by atoms with Crippen LogP contribution in [0.25, 0.3) is 11.3 Å². The number of nitrogens with two attached hydrogens (primary N) is 2. The van der Waals surface area contributed by atoms with Crippen LogP contribution in [0.2, 0.25) is 0 Å². The van der Waals surface area contributed by atoms with E-state index >= 15 is 0 Å². The van der Waals surface area contributed by atoms with E-state index < -0.39 is 29.4 Å². The van der Waals surface area contributed by atoms with E-state index in [1.54, 1.807) is 33.8 Å². The molecule has 0 unspecified atom stereocenters. The molecule has 12 heteroatoms. The largest absolute Gasteiger partial charge is 0.366 e. The van der Waals surface area contributed by atoms with Crippen molar-refractivity contribution in [1.82, 2.24) is 19.9 Å². The van der Waals surface area contributed by atoms with Gasteiger partial charge in [0.1, 0.15) is 11.5 Å². The first-order chi connectivity index (χ1) is 15.7. The van der Waals surface area contributed by atoms with Crippen LogP contribution in [0.4, 0.5) is 13.2 Å². The Hall–Kier alpha value is -3.44. The Balaban J connectivity index is 0.00000324. The summed E-state index contributed by atoms with van der Waals surface area (Å²) in [4.78, 5) is 25.7. The Kier molecular flexibility index (Phi) is 7.57. The third kappa shape index (κ3) is 5.20. The van der Waals surface area contributed by atoms with Gasteiger partial charge in [-0.1, -0.05) is 17.3 Å². The molecule has 0 saturated carbocycles. The second kappa shape index (κ2) is 10.2. The molecule has 2 aromatic carbocycles. The Bertz CT molecular complexity index is 1220. The third-order valence-corrected chi connectivity index (χ3v) is 5.56. The summed E-state index contributed by atoms with van der Waals surface area (Å²) >= 11 is 0. The third-order valence-electron chi connectivity index (χ3n) is 5.56. The molecule has 34 heavy (non-hydrogen) atoms. The number of hydrogen-bond donors (Lipinski definition) is 2. The van der Waals surface area contributed by atoms with Crippen LogP contribution in [0.5, 0.6) is 0 Å². The number of benzene rings is 2. The molecule has 0 spiro atoms. The molecular weight excluding hydrogens is 473 g/mol. The summed E-state index contributed by atoms with van der Waals surface area (Å²) < 4.78 is 42.1. The van der Waals surface area contributed by atoms with Crippen LogP contribution < -0.4 is 11.5 Å². The molecular formula is C22H22ClF3N6O2. The van der Waals surface area contributed by atoms with E-state index in [-0.39, 0.29) is 43.3 Å². The first-order valence-corrected chi connectivity index (χ1v) is 10.2. The molecule has 2 amide bonds. The standard InChI is InChI=1S/C22H21F3N6O2.ClH/c23-16-10-18(25)17(24)8-14(16)7-15(26)9-20(32)30-5-6-31-19(11-30)21(28-29-31)12-1-3-13(4-2-12)22(27)33;/h1-4,8,10,15H,5-7,9,11,26H2,(H2,27,33);1H/t15-;/m1./s1. The predicted octanol–water partition coefficient (Wildman–Crippen LogP) is 2.19. The van der Waals surface area contributed by atoms with Gasteiger partial charge in [0.25, 0.3) is 0 Å². The molecule has 0 aliphatic carbocycles. The van der Waals surface area contributed by atoms with Gasteiger partial charge >= 0.3 is 0 Å². The van der Waals surface area contributed by atoms with Gasteiger partial charge in [0.2, 0.25) is 11.8 Å². The molecule has 3 aromatic rings. The van der Waals surface area contributed by atoms with E-state index in [2.05, 4.69) is 10.3 Å². The quantitative estimate of drug-likeness (QED) is 0.509. The average molecular weight is 495 g/mol. The van der Waals surface area contributed by atoms with Crippen LogP contribution in [0.3, 0.4) is 0 Å². The van der Waals surface area contributed by atoms with Gasteiger partial charge in [-0.2, -0.15) is 0 Å². The van der Waals surface area contributed by atoms with Gasteiger partial charge < -0.3 is 16.4 Å². The second-order valence-corrected chi connectivity index (χ2v) is 7.89. The lowest BCUT2D eigenvalue weighted by Crippen LogP contribution is -2.41. The molecule has 1 aliphatic rings. The van der Waals surface area contributed by atoms with Crippen LogP contribution in [-0.4, -0.2) is 44.3 Å². The van der Waals surface area contributed by atoms with E-state index in [9.17, 15) is 22.8 Å².